The molecule has 2 aromatic heterocycles. The van der Waals surface area contributed by atoms with Crippen LogP contribution in [0.15, 0.2) is 42.5 Å². The Morgan fingerprint density at radius 2 is 1.97 bits per heavy atom. The normalized spacial score (nSPS) is 10.8. The zero-order valence-corrected chi connectivity index (χ0v) is 18.8. The van der Waals surface area contributed by atoms with Gasteiger partial charge in [-0.2, -0.15) is 9.61 Å². The Bertz CT molecular complexity index is 1260. The summed E-state index contributed by atoms with van der Waals surface area (Å²) in [6.07, 6.45) is 0.769. The predicted octanol–water partition coefficient (Wildman–Crippen LogP) is 3.86. The fourth-order valence-electron chi connectivity index (χ4n) is 3.13. The first kappa shape index (κ1) is 20.9. The molecule has 8 nitrogen and oxygen atoms in total. The first-order valence-corrected chi connectivity index (χ1v) is 10.8. The number of aryl methyl sites for hydroxylation is 2. The van der Waals surface area contributed by atoms with Gasteiger partial charge in [0.2, 0.25) is 4.96 Å². The molecule has 0 spiro atoms. The van der Waals surface area contributed by atoms with Crippen molar-refractivity contribution in [2.24, 2.45) is 0 Å². The molecule has 4 rings (SSSR count). The summed E-state index contributed by atoms with van der Waals surface area (Å²) in [6.45, 7) is 3.90. The molecule has 4 aromatic rings. The maximum atomic E-state index is 12.6. The number of thiocarbonyl (C=S) groups is 1. The van der Waals surface area contributed by atoms with Crippen LogP contribution in [0.1, 0.15) is 28.7 Å². The highest BCUT2D eigenvalue weighted by Gasteiger charge is 2.15. The fourth-order valence-corrected chi connectivity index (χ4v) is 4.20. The largest absolute Gasteiger partial charge is 0.496 e. The number of benzene rings is 2. The second-order valence-electron chi connectivity index (χ2n) is 6.71. The average molecular weight is 453 g/mol. The lowest BCUT2D eigenvalue weighted by Gasteiger charge is -2.13. The highest BCUT2D eigenvalue weighted by molar-refractivity contribution is 7.80. The minimum atomic E-state index is -0.332. The maximum Gasteiger partial charge on any atom is 0.261 e. The summed E-state index contributed by atoms with van der Waals surface area (Å²) < 4.78 is 7.12. The van der Waals surface area contributed by atoms with Gasteiger partial charge in [0.25, 0.3) is 5.91 Å². The van der Waals surface area contributed by atoms with E-state index >= 15 is 0 Å². The van der Waals surface area contributed by atoms with E-state index in [0.717, 1.165) is 39.0 Å². The summed E-state index contributed by atoms with van der Waals surface area (Å²) in [7, 11) is 1.54. The highest BCUT2D eigenvalue weighted by Crippen LogP contribution is 2.27. The number of nitrogens with one attached hydrogen (secondary N) is 2. The zero-order chi connectivity index (χ0) is 22.0. The number of amides is 1. The molecule has 2 N–H and O–H groups in total. The number of rotatable bonds is 5. The van der Waals surface area contributed by atoms with Crippen molar-refractivity contribution in [3.05, 3.63) is 59.4 Å². The summed E-state index contributed by atoms with van der Waals surface area (Å²) in [5.41, 5.74) is 3.02. The molecule has 10 heteroatoms. The summed E-state index contributed by atoms with van der Waals surface area (Å²) in [6, 6.07) is 13.0. The summed E-state index contributed by atoms with van der Waals surface area (Å²) in [5, 5.41) is 19.6. The molecule has 158 valence electrons. The number of hydrogen-bond donors (Lipinski definition) is 2. The molecule has 2 aromatic carbocycles. The number of aromatic nitrogens is 4. The lowest BCUT2D eigenvalue weighted by Crippen LogP contribution is -2.34. The molecule has 0 unspecified atom stereocenters. The van der Waals surface area contributed by atoms with Crippen LogP contribution in [-0.4, -0.2) is 37.9 Å². The van der Waals surface area contributed by atoms with E-state index in [9.17, 15) is 4.79 Å². The minimum Gasteiger partial charge on any atom is -0.496 e. The van der Waals surface area contributed by atoms with Gasteiger partial charge in [-0.1, -0.05) is 30.4 Å². The molecule has 0 fully saturated rings. The zero-order valence-electron chi connectivity index (χ0n) is 17.2. The second-order valence-corrected chi connectivity index (χ2v) is 8.08. The molecule has 0 aliphatic rings. The van der Waals surface area contributed by atoms with Gasteiger partial charge >= 0.3 is 0 Å². The Hall–Kier alpha value is -3.37. The molecule has 0 radical (unpaired) electrons. The molecular weight excluding hydrogens is 432 g/mol. The number of fused-ring (bicyclic) bond motifs is 1. The van der Waals surface area contributed by atoms with Crippen molar-refractivity contribution < 1.29 is 9.53 Å². The van der Waals surface area contributed by atoms with Crippen LogP contribution in [0.3, 0.4) is 0 Å². The van der Waals surface area contributed by atoms with Gasteiger partial charge < -0.3 is 10.1 Å². The van der Waals surface area contributed by atoms with Gasteiger partial charge in [-0.15, -0.1) is 10.2 Å². The minimum absolute atomic E-state index is 0.202. The topological polar surface area (TPSA) is 93.4 Å². The monoisotopic (exact) mass is 452 g/mol. The van der Waals surface area contributed by atoms with Crippen molar-refractivity contribution in [2.75, 3.05) is 12.4 Å². The van der Waals surface area contributed by atoms with Crippen LogP contribution in [0.25, 0.3) is 15.5 Å². The highest BCUT2D eigenvalue weighted by atomic mass is 32.1. The second kappa shape index (κ2) is 8.78. The van der Waals surface area contributed by atoms with Crippen molar-refractivity contribution in [1.29, 1.82) is 0 Å². The van der Waals surface area contributed by atoms with Crippen molar-refractivity contribution in [1.82, 2.24) is 25.1 Å². The third-order valence-electron chi connectivity index (χ3n) is 4.65. The van der Waals surface area contributed by atoms with Crippen LogP contribution in [0.4, 0.5) is 5.69 Å². The van der Waals surface area contributed by atoms with E-state index in [2.05, 4.69) is 25.9 Å². The van der Waals surface area contributed by atoms with Crippen LogP contribution in [0.2, 0.25) is 0 Å². The molecule has 0 aliphatic carbocycles. The van der Waals surface area contributed by atoms with Gasteiger partial charge in [0.05, 0.1) is 12.7 Å². The standard InChI is InChI=1S/C21H20N6O2S2/c1-4-16-24-25-21-27(16)26-19(31-21)13-8-10-14(11-9-13)22-20(30)23-18(28)15-7-5-6-12(2)17(15)29-3/h5-11H,4H2,1-3H3,(H2,22,23,28,30). The average Bonchev–Trinajstić information content (AvgIpc) is 3.34. The Labute approximate surface area is 188 Å². The Morgan fingerprint density at radius 3 is 2.68 bits per heavy atom. The molecular formula is C21H20N6O2S2. The Balaban J connectivity index is 1.44. The van der Waals surface area contributed by atoms with Crippen LogP contribution in [0, 0.1) is 6.92 Å². The summed E-state index contributed by atoms with van der Waals surface area (Å²) in [5.74, 6) is 1.03. The molecule has 0 aliphatic heterocycles. The third kappa shape index (κ3) is 4.25. The number of carbonyl (C=O) groups is 1. The van der Waals surface area contributed by atoms with Crippen molar-refractivity contribution in [3.63, 3.8) is 0 Å². The predicted molar refractivity (Wildman–Crippen MR) is 125 cm³/mol. The van der Waals surface area contributed by atoms with Gasteiger partial charge in [0.1, 0.15) is 10.8 Å². The number of hydrogen-bond acceptors (Lipinski definition) is 7. The first-order chi connectivity index (χ1) is 15.0. The Morgan fingerprint density at radius 1 is 1.19 bits per heavy atom. The molecule has 1 amide bonds. The van der Waals surface area contributed by atoms with E-state index in [4.69, 9.17) is 17.0 Å². The van der Waals surface area contributed by atoms with Crippen molar-refractivity contribution in [2.45, 2.75) is 20.3 Å². The molecule has 0 bridgehead atoms. The number of para-hydroxylation sites is 1. The number of anilines is 1. The van der Waals surface area contributed by atoms with E-state index < -0.39 is 0 Å². The van der Waals surface area contributed by atoms with E-state index in [-0.39, 0.29) is 11.0 Å². The van der Waals surface area contributed by atoms with Gasteiger partial charge in [-0.05, 0) is 55.0 Å². The number of methoxy groups -OCH3 is 1. The number of nitrogens with zero attached hydrogens (tertiary/aromatic N) is 4. The molecule has 2 heterocycles. The van der Waals surface area contributed by atoms with Gasteiger partial charge in [-0.3, -0.25) is 10.1 Å². The van der Waals surface area contributed by atoms with Gasteiger partial charge in [-0.25, -0.2) is 0 Å². The summed E-state index contributed by atoms with van der Waals surface area (Å²) in [4.78, 5) is 13.4. The molecule has 31 heavy (non-hydrogen) atoms. The first-order valence-electron chi connectivity index (χ1n) is 9.57. The molecule has 0 atom stereocenters. The molecule has 0 saturated carbocycles. The lowest BCUT2D eigenvalue weighted by atomic mass is 10.1. The number of carbonyl (C=O) groups excluding carboxylic acids is 1. The van der Waals surface area contributed by atoms with Gasteiger partial charge in [0, 0.05) is 17.7 Å². The van der Waals surface area contributed by atoms with Crippen molar-refractivity contribution >= 4 is 45.2 Å². The summed E-state index contributed by atoms with van der Waals surface area (Å²) >= 11 is 6.78. The lowest BCUT2D eigenvalue weighted by molar-refractivity contribution is 0.0974. The van der Waals surface area contributed by atoms with Crippen LogP contribution in [0.5, 0.6) is 5.75 Å². The quantitative estimate of drug-likeness (QED) is 0.444. The fraction of sp³-hybridized carbons (Fsp3) is 0.190. The Kier molecular flexibility index (Phi) is 5.92. The smallest absolute Gasteiger partial charge is 0.261 e. The third-order valence-corrected chi connectivity index (χ3v) is 5.80. The van der Waals surface area contributed by atoms with Crippen LogP contribution in [-0.2, 0) is 6.42 Å². The molecule has 0 saturated heterocycles. The van der Waals surface area contributed by atoms with E-state index in [1.165, 1.54) is 18.4 Å². The van der Waals surface area contributed by atoms with Crippen LogP contribution >= 0.6 is 23.6 Å². The van der Waals surface area contributed by atoms with Crippen molar-refractivity contribution in [3.8, 4) is 16.3 Å². The van der Waals surface area contributed by atoms with E-state index in [1.807, 2.05) is 44.2 Å². The SMILES string of the molecule is CCc1nnc2sc(-c3ccc(NC(=S)NC(=O)c4cccc(C)c4OC)cc3)nn12. The van der Waals surface area contributed by atoms with Gasteiger partial charge in [0.15, 0.2) is 10.9 Å². The number of ether oxygens (including phenoxy) is 1. The van der Waals surface area contributed by atoms with E-state index in [1.54, 1.807) is 16.6 Å². The maximum absolute atomic E-state index is 12.6. The van der Waals surface area contributed by atoms with E-state index in [0.29, 0.717) is 11.3 Å². The van der Waals surface area contributed by atoms with Crippen LogP contribution < -0.4 is 15.4 Å².